The summed E-state index contributed by atoms with van der Waals surface area (Å²) < 4.78 is 12.0. The van der Waals surface area contributed by atoms with Crippen molar-refractivity contribution in [2.45, 2.75) is 26.3 Å². The normalized spacial score (nSPS) is 11.7. The first kappa shape index (κ1) is 21.6. The maximum Gasteiger partial charge on any atom is 0.372 e. The number of hydrogen-bond acceptors (Lipinski definition) is 3. The minimum absolute atomic E-state index is 0.954. The third-order valence-corrected chi connectivity index (χ3v) is 8.87. The Balaban J connectivity index is 2.14. The van der Waals surface area contributed by atoms with E-state index in [2.05, 4.69) is 61.7 Å². The minimum Gasteiger partial charge on any atom is -0.394 e. The van der Waals surface area contributed by atoms with Gasteiger partial charge >= 0.3 is 8.56 Å². The Morgan fingerprint density at radius 2 is 1.44 bits per heavy atom. The lowest BCUT2D eigenvalue weighted by Crippen LogP contribution is -2.52. The van der Waals surface area contributed by atoms with Crippen molar-refractivity contribution in [2.75, 3.05) is 33.9 Å². The topological polar surface area (TPSA) is 21.7 Å². The van der Waals surface area contributed by atoms with Crippen LogP contribution in [0.4, 0.5) is 0 Å². The molecule has 0 aliphatic heterocycles. The van der Waals surface area contributed by atoms with E-state index in [1.165, 1.54) is 5.19 Å². The molecule has 27 heavy (non-hydrogen) atoms. The minimum atomic E-state index is -2.41. The van der Waals surface area contributed by atoms with Gasteiger partial charge in [0, 0.05) is 14.2 Å². The van der Waals surface area contributed by atoms with Crippen LogP contribution in [0.1, 0.15) is 31.4 Å². The summed E-state index contributed by atoms with van der Waals surface area (Å²) in [5.41, 5.74) is 3.31. The van der Waals surface area contributed by atoms with Crippen molar-refractivity contribution in [3.05, 3.63) is 72.3 Å². The van der Waals surface area contributed by atoms with Crippen LogP contribution in [0.3, 0.4) is 0 Å². The molecule has 0 spiro atoms. The van der Waals surface area contributed by atoms with Crippen LogP contribution in [0.2, 0.25) is 6.04 Å². The molecule has 146 valence electrons. The van der Waals surface area contributed by atoms with Crippen LogP contribution in [0.15, 0.2) is 61.2 Å². The zero-order valence-corrected chi connectivity index (χ0v) is 18.2. The van der Waals surface area contributed by atoms with Gasteiger partial charge in [-0.3, -0.25) is 0 Å². The number of rotatable bonds is 11. The van der Waals surface area contributed by atoms with Crippen LogP contribution in [0, 0.1) is 0 Å². The second-order valence-corrected chi connectivity index (χ2v) is 10.1. The molecule has 0 aliphatic carbocycles. The van der Waals surface area contributed by atoms with Crippen LogP contribution in [0.25, 0.3) is 5.57 Å². The van der Waals surface area contributed by atoms with Crippen LogP contribution in [-0.4, -0.2) is 47.3 Å². The fourth-order valence-corrected chi connectivity index (χ4v) is 6.11. The molecule has 0 N–H and O–H groups in total. The quantitative estimate of drug-likeness (QED) is 0.536. The Kier molecular flexibility index (Phi) is 8.45. The summed E-state index contributed by atoms with van der Waals surface area (Å²) in [5, 5.41) is 1.18. The molecular formula is C23H33NO2Si. The lowest BCUT2D eigenvalue weighted by Gasteiger charge is -2.29. The van der Waals surface area contributed by atoms with Crippen molar-refractivity contribution < 1.29 is 8.85 Å². The molecule has 0 fully saturated rings. The zero-order chi connectivity index (χ0) is 19.7. The monoisotopic (exact) mass is 383 g/mol. The maximum atomic E-state index is 5.98. The van der Waals surface area contributed by atoms with Crippen molar-refractivity contribution in [1.82, 2.24) is 4.90 Å². The first-order chi connectivity index (χ1) is 13.1. The van der Waals surface area contributed by atoms with Crippen molar-refractivity contribution in [3.63, 3.8) is 0 Å². The molecule has 0 saturated carbocycles. The summed E-state index contributed by atoms with van der Waals surface area (Å²) in [7, 11) is 1.16. The molecule has 0 aliphatic rings. The van der Waals surface area contributed by atoms with Gasteiger partial charge in [-0.15, -0.1) is 0 Å². The van der Waals surface area contributed by atoms with Crippen molar-refractivity contribution in [1.29, 1.82) is 0 Å². The van der Waals surface area contributed by atoms with Gasteiger partial charge in [-0.1, -0.05) is 75.0 Å². The van der Waals surface area contributed by atoms with E-state index in [1.807, 2.05) is 18.2 Å². The highest BCUT2D eigenvalue weighted by Crippen LogP contribution is 2.22. The van der Waals surface area contributed by atoms with E-state index < -0.39 is 8.56 Å². The van der Waals surface area contributed by atoms with Gasteiger partial charge in [0.1, 0.15) is 0 Å². The predicted octanol–water partition coefficient (Wildman–Crippen LogP) is 4.42. The highest BCUT2D eigenvalue weighted by molar-refractivity contribution is 6.81. The van der Waals surface area contributed by atoms with Gasteiger partial charge in [-0.05, 0) is 54.0 Å². The van der Waals surface area contributed by atoms with Gasteiger partial charge in [0.05, 0.1) is 0 Å². The van der Waals surface area contributed by atoms with E-state index in [-0.39, 0.29) is 0 Å². The summed E-state index contributed by atoms with van der Waals surface area (Å²) in [5.74, 6) is 0. The average Bonchev–Trinajstić information content (AvgIpc) is 2.75. The molecule has 0 radical (unpaired) electrons. The molecule has 2 aromatic carbocycles. The van der Waals surface area contributed by atoms with Gasteiger partial charge in [0.2, 0.25) is 0 Å². The molecule has 0 bridgehead atoms. The van der Waals surface area contributed by atoms with Crippen LogP contribution >= 0.6 is 0 Å². The van der Waals surface area contributed by atoms with Gasteiger partial charge in [-0.25, -0.2) is 0 Å². The summed E-state index contributed by atoms with van der Waals surface area (Å²) in [6, 6.07) is 19.8. The molecule has 0 saturated heterocycles. The van der Waals surface area contributed by atoms with E-state index in [1.54, 1.807) is 14.2 Å². The smallest absolute Gasteiger partial charge is 0.372 e. The number of hydrogen-bond donors (Lipinski definition) is 0. The van der Waals surface area contributed by atoms with Crippen molar-refractivity contribution in [2.24, 2.45) is 0 Å². The Bertz CT molecular complexity index is 692. The molecule has 4 heteroatoms. The maximum absolute atomic E-state index is 5.98. The van der Waals surface area contributed by atoms with Crippen molar-refractivity contribution in [3.8, 4) is 0 Å². The third kappa shape index (κ3) is 5.39. The lowest BCUT2D eigenvalue weighted by molar-refractivity contribution is 0.249. The molecule has 2 rings (SSSR count). The highest BCUT2D eigenvalue weighted by Gasteiger charge is 2.37. The third-order valence-electron chi connectivity index (χ3n) is 5.33. The molecule has 0 unspecified atom stereocenters. The Labute approximate surface area is 165 Å². The van der Waals surface area contributed by atoms with E-state index in [4.69, 9.17) is 8.85 Å². The first-order valence-corrected chi connectivity index (χ1v) is 11.8. The number of nitrogens with zero attached hydrogens (tertiary/aromatic N) is 1. The fourth-order valence-electron chi connectivity index (χ4n) is 3.47. The fraction of sp³-hybridized carbons (Fsp3) is 0.391. The largest absolute Gasteiger partial charge is 0.394 e. The summed E-state index contributed by atoms with van der Waals surface area (Å²) in [6.45, 7) is 11.9. The van der Waals surface area contributed by atoms with Crippen LogP contribution < -0.4 is 5.19 Å². The van der Waals surface area contributed by atoms with Gasteiger partial charge < -0.3 is 13.8 Å². The second kappa shape index (κ2) is 10.6. The van der Waals surface area contributed by atoms with Gasteiger partial charge in [-0.2, -0.15) is 0 Å². The first-order valence-electron chi connectivity index (χ1n) is 9.78. The Morgan fingerprint density at radius 3 is 1.96 bits per heavy atom. The molecule has 0 atom stereocenters. The van der Waals surface area contributed by atoms with E-state index in [0.29, 0.717) is 0 Å². The summed E-state index contributed by atoms with van der Waals surface area (Å²) >= 11 is 0. The Morgan fingerprint density at radius 1 is 0.889 bits per heavy atom. The van der Waals surface area contributed by atoms with Gasteiger partial charge in [0.15, 0.2) is 0 Å². The van der Waals surface area contributed by atoms with Crippen LogP contribution in [0.5, 0.6) is 0 Å². The highest BCUT2D eigenvalue weighted by atomic mass is 28.4. The lowest BCUT2D eigenvalue weighted by atomic mass is 10.00. The SMILES string of the molecule is C=C(c1ccccc1)c1ccc([Si](CCCN(CC)CC)(OC)OC)cc1. The van der Waals surface area contributed by atoms with Crippen LogP contribution in [-0.2, 0) is 8.85 Å². The molecule has 0 amide bonds. The molecule has 3 nitrogen and oxygen atoms in total. The molecular weight excluding hydrogens is 350 g/mol. The van der Waals surface area contributed by atoms with E-state index >= 15 is 0 Å². The summed E-state index contributed by atoms with van der Waals surface area (Å²) in [6.07, 6.45) is 1.08. The standard InChI is InChI=1S/C23H33NO2Si/c1-6-24(7-2)18-11-19-27(25-4,26-5)23-16-14-22(15-17-23)20(3)21-12-9-8-10-13-21/h8-10,12-17H,3,6-7,11,18-19H2,1-2,4-5H3. The molecule has 0 aromatic heterocycles. The summed E-state index contributed by atoms with van der Waals surface area (Å²) in [4.78, 5) is 2.44. The second-order valence-electron chi connectivity index (χ2n) is 6.71. The molecule has 2 aromatic rings. The number of benzene rings is 2. The predicted molar refractivity (Wildman–Crippen MR) is 118 cm³/mol. The van der Waals surface area contributed by atoms with E-state index in [9.17, 15) is 0 Å². The van der Waals surface area contributed by atoms with Gasteiger partial charge in [0.25, 0.3) is 0 Å². The van der Waals surface area contributed by atoms with Crippen molar-refractivity contribution >= 4 is 19.3 Å². The average molecular weight is 384 g/mol. The Hall–Kier alpha value is -1.72. The zero-order valence-electron chi connectivity index (χ0n) is 17.2. The van der Waals surface area contributed by atoms with E-state index in [0.717, 1.165) is 48.8 Å². The molecule has 0 heterocycles.